The Morgan fingerprint density at radius 3 is 2.80 bits per heavy atom. The van der Waals surface area contributed by atoms with Crippen LogP contribution >= 0.6 is 0 Å². The molecule has 0 unspecified atom stereocenters. The van der Waals surface area contributed by atoms with Gasteiger partial charge in [0, 0.05) is 11.8 Å². The molecular formula is C21H25NO3. The molecule has 25 heavy (non-hydrogen) atoms. The number of carbonyl (C=O) groups excluding carboxylic acids is 1. The van der Waals surface area contributed by atoms with Crippen LogP contribution in [0.4, 0.5) is 5.69 Å². The molecule has 0 aliphatic heterocycles. The molecular weight excluding hydrogens is 314 g/mol. The SMILES string of the molecule is CCOc1cccc(NC(=O)[C@@H](C)Oc2cccc3c2CCCC3)c1. The van der Waals surface area contributed by atoms with Crippen molar-refractivity contribution in [1.29, 1.82) is 0 Å². The molecule has 4 nitrogen and oxygen atoms in total. The third kappa shape index (κ3) is 4.32. The van der Waals surface area contributed by atoms with Gasteiger partial charge in [-0.3, -0.25) is 4.79 Å². The molecule has 1 amide bonds. The first-order valence-corrected chi connectivity index (χ1v) is 8.98. The van der Waals surface area contributed by atoms with Crippen LogP contribution in [0.3, 0.4) is 0 Å². The summed E-state index contributed by atoms with van der Waals surface area (Å²) in [5, 5.41) is 2.90. The van der Waals surface area contributed by atoms with E-state index in [1.807, 2.05) is 43.3 Å². The molecule has 0 fully saturated rings. The summed E-state index contributed by atoms with van der Waals surface area (Å²) in [7, 11) is 0. The fourth-order valence-electron chi connectivity index (χ4n) is 3.17. The van der Waals surface area contributed by atoms with E-state index >= 15 is 0 Å². The molecule has 1 atom stereocenters. The number of hydrogen-bond donors (Lipinski definition) is 1. The highest BCUT2D eigenvalue weighted by Gasteiger charge is 2.19. The highest BCUT2D eigenvalue weighted by molar-refractivity contribution is 5.94. The third-order valence-corrected chi connectivity index (χ3v) is 4.44. The molecule has 0 aromatic heterocycles. The number of hydrogen-bond acceptors (Lipinski definition) is 3. The Labute approximate surface area is 149 Å². The Hall–Kier alpha value is -2.49. The Kier molecular flexibility index (Phi) is 5.59. The lowest BCUT2D eigenvalue weighted by Crippen LogP contribution is -2.30. The number of carbonyl (C=O) groups is 1. The van der Waals surface area contributed by atoms with Crippen LogP contribution in [0.2, 0.25) is 0 Å². The van der Waals surface area contributed by atoms with E-state index < -0.39 is 6.10 Å². The van der Waals surface area contributed by atoms with Crippen molar-refractivity contribution < 1.29 is 14.3 Å². The highest BCUT2D eigenvalue weighted by atomic mass is 16.5. The van der Waals surface area contributed by atoms with E-state index in [1.54, 1.807) is 6.92 Å². The van der Waals surface area contributed by atoms with Gasteiger partial charge in [0.25, 0.3) is 5.91 Å². The Balaban J connectivity index is 1.66. The molecule has 0 bridgehead atoms. The predicted molar refractivity (Wildman–Crippen MR) is 99.4 cm³/mol. The Morgan fingerprint density at radius 2 is 1.96 bits per heavy atom. The minimum absolute atomic E-state index is 0.165. The highest BCUT2D eigenvalue weighted by Crippen LogP contribution is 2.30. The number of ether oxygens (including phenoxy) is 2. The van der Waals surface area contributed by atoms with Gasteiger partial charge in [-0.2, -0.15) is 0 Å². The summed E-state index contributed by atoms with van der Waals surface area (Å²) < 4.78 is 11.4. The number of rotatable bonds is 6. The fourth-order valence-corrected chi connectivity index (χ4v) is 3.17. The summed E-state index contributed by atoms with van der Waals surface area (Å²) in [5.41, 5.74) is 3.31. The normalized spacial score (nSPS) is 14.3. The monoisotopic (exact) mass is 339 g/mol. The molecule has 1 N–H and O–H groups in total. The van der Waals surface area contributed by atoms with Gasteiger partial charge in [0.1, 0.15) is 11.5 Å². The van der Waals surface area contributed by atoms with Crippen LogP contribution in [0.5, 0.6) is 11.5 Å². The largest absolute Gasteiger partial charge is 0.494 e. The second-order valence-corrected chi connectivity index (χ2v) is 6.31. The number of nitrogens with one attached hydrogen (secondary N) is 1. The van der Waals surface area contributed by atoms with Gasteiger partial charge in [0.2, 0.25) is 0 Å². The van der Waals surface area contributed by atoms with E-state index in [-0.39, 0.29) is 5.91 Å². The van der Waals surface area contributed by atoms with Crippen molar-refractivity contribution in [2.75, 3.05) is 11.9 Å². The molecule has 2 aromatic carbocycles. The summed E-state index contributed by atoms with van der Waals surface area (Å²) in [4.78, 5) is 12.5. The van der Waals surface area contributed by atoms with E-state index in [0.29, 0.717) is 12.3 Å². The topological polar surface area (TPSA) is 47.6 Å². The van der Waals surface area contributed by atoms with Crippen molar-refractivity contribution >= 4 is 11.6 Å². The van der Waals surface area contributed by atoms with Crippen molar-refractivity contribution in [2.45, 2.75) is 45.6 Å². The zero-order valence-corrected chi connectivity index (χ0v) is 14.9. The Morgan fingerprint density at radius 1 is 1.16 bits per heavy atom. The smallest absolute Gasteiger partial charge is 0.265 e. The lowest BCUT2D eigenvalue weighted by atomic mass is 9.91. The fraction of sp³-hybridized carbons (Fsp3) is 0.381. The molecule has 0 spiro atoms. The second-order valence-electron chi connectivity index (χ2n) is 6.31. The number of fused-ring (bicyclic) bond motifs is 1. The van der Waals surface area contributed by atoms with E-state index in [4.69, 9.17) is 9.47 Å². The lowest BCUT2D eigenvalue weighted by molar-refractivity contribution is -0.122. The standard InChI is InChI=1S/C21H25NO3/c1-3-24-18-11-7-10-17(14-18)22-21(23)15(2)25-20-13-6-9-16-8-4-5-12-19(16)20/h6-7,9-11,13-15H,3-5,8,12H2,1-2H3,(H,22,23)/t15-/m1/s1. The van der Waals surface area contributed by atoms with Crippen LogP contribution < -0.4 is 14.8 Å². The van der Waals surface area contributed by atoms with Crippen molar-refractivity contribution in [3.05, 3.63) is 53.6 Å². The molecule has 1 aliphatic carbocycles. The van der Waals surface area contributed by atoms with Crippen LogP contribution in [-0.2, 0) is 17.6 Å². The van der Waals surface area contributed by atoms with Gasteiger partial charge in [-0.05, 0) is 68.9 Å². The third-order valence-electron chi connectivity index (χ3n) is 4.44. The van der Waals surface area contributed by atoms with Crippen LogP contribution in [0.15, 0.2) is 42.5 Å². The maximum atomic E-state index is 12.5. The van der Waals surface area contributed by atoms with E-state index in [2.05, 4.69) is 11.4 Å². The van der Waals surface area contributed by atoms with Crippen LogP contribution in [0.1, 0.15) is 37.8 Å². The minimum atomic E-state index is -0.566. The van der Waals surface area contributed by atoms with Gasteiger partial charge >= 0.3 is 0 Å². The summed E-state index contributed by atoms with van der Waals surface area (Å²) >= 11 is 0. The van der Waals surface area contributed by atoms with Gasteiger partial charge < -0.3 is 14.8 Å². The van der Waals surface area contributed by atoms with Crippen molar-refractivity contribution in [2.24, 2.45) is 0 Å². The average molecular weight is 339 g/mol. The second kappa shape index (κ2) is 8.06. The zero-order valence-electron chi connectivity index (χ0n) is 14.9. The number of aryl methyl sites for hydroxylation is 1. The molecule has 132 valence electrons. The number of benzene rings is 2. The van der Waals surface area contributed by atoms with Crippen LogP contribution in [0.25, 0.3) is 0 Å². The van der Waals surface area contributed by atoms with Gasteiger partial charge in [-0.25, -0.2) is 0 Å². The zero-order chi connectivity index (χ0) is 17.6. The first kappa shape index (κ1) is 17.3. The van der Waals surface area contributed by atoms with E-state index in [9.17, 15) is 4.79 Å². The summed E-state index contributed by atoms with van der Waals surface area (Å²) in [6, 6.07) is 13.5. The maximum Gasteiger partial charge on any atom is 0.265 e. The van der Waals surface area contributed by atoms with Crippen LogP contribution in [-0.4, -0.2) is 18.6 Å². The quantitative estimate of drug-likeness (QED) is 0.850. The van der Waals surface area contributed by atoms with E-state index in [0.717, 1.165) is 24.3 Å². The summed E-state index contributed by atoms with van der Waals surface area (Å²) in [6.45, 7) is 4.31. The molecule has 0 saturated heterocycles. The molecule has 3 rings (SSSR count). The van der Waals surface area contributed by atoms with Crippen molar-refractivity contribution in [3.63, 3.8) is 0 Å². The number of amides is 1. The Bertz CT molecular complexity index is 742. The molecule has 1 aliphatic rings. The van der Waals surface area contributed by atoms with Gasteiger partial charge in [-0.15, -0.1) is 0 Å². The first-order chi connectivity index (χ1) is 12.2. The molecule has 0 saturated carbocycles. The first-order valence-electron chi connectivity index (χ1n) is 8.98. The van der Waals surface area contributed by atoms with Crippen molar-refractivity contribution in [1.82, 2.24) is 0 Å². The summed E-state index contributed by atoms with van der Waals surface area (Å²) in [6.07, 6.45) is 3.96. The van der Waals surface area contributed by atoms with Gasteiger partial charge in [-0.1, -0.05) is 18.2 Å². The summed E-state index contributed by atoms with van der Waals surface area (Å²) in [5.74, 6) is 1.41. The molecule has 0 radical (unpaired) electrons. The predicted octanol–water partition coefficient (Wildman–Crippen LogP) is 4.37. The van der Waals surface area contributed by atoms with Gasteiger partial charge in [0.15, 0.2) is 6.10 Å². The maximum absolute atomic E-state index is 12.5. The minimum Gasteiger partial charge on any atom is -0.494 e. The molecule has 4 heteroatoms. The number of anilines is 1. The van der Waals surface area contributed by atoms with Gasteiger partial charge in [0.05, 0.1) is 6.61 Å². The van der Waals surface area contributed by atoms with E-state index in [1.165, 1.54) is 24.0 Å². The van der Waals surface area contributed by atoms with Crippen molar-refractivity contribution in [3.8, 4) is 11.5 Å². The average Bonchev–Trinajstić information content (AvgIpc) is 2.62. The molecule has 2 aromatic rings. The lowest BCUT2D eigenvalue weighted by Gasteiger charge is -2.22. The van der Waals surface area contributed by atoms with Crippen LogP contribution in [0, 0.1) is 0 Å². The molecule has 0 heterocycles.